The summed E-state index contributed by atoms with van der Waals surface area (Å²) >= 11 is 0. The van der Waals surface area contributed by atoms with E-state index in [1.807, 2.05) is 12.4 Å². The van der Waals surface area contributed by atoms with Crippen molar-refractivity contribution in [3.8, 4) is 11.5 Å². The number of benzene rings is 2. The summed E-state index contributed by atoms with van der Waals surface area (Å²) in [6.07, 6.45) is 7.97. The minimum Gasteiger partial charge on any atom is -0.507 e. The number of phenols is 2. The Labute approximate surface area is 254 Å². The Hall–Kier alpha value is -2.70. The lowest BCUT2D eigenvalue weighted by atomic mass is 9.84. The average Bonchev–Trinajstić information content (AvgIpc) is 2.93. The van der Waals surface area contributed by atoms with E-state index >= 15 is 0 Å². The van der Waals surface area contributed by atoms with Crippen LogP contribution < -0.4 is 0 Å². The summed E-state index contributed by atoms with van der Waals surface area (Å²) in [5.74, 6) is 0.674. The molecule has 0 aromatic heterocycles. The smallest absolute Gasteiger partial charge is 0.128 e. The summed E-state index contributed by atoms with van der Waals surface area (Å²) in [5, 5.41) is 22.9. The van der Waals surface area contributed by atoms with Crippen molar-refractivity contribution < 1.29 is 10.2 Å². The summed E-state index contributed by atoms with van der Waals surface area (Å²) in [5.41, 5.74) is 5.81. The van der Waals surface area contributed by atoms with Gasteiger partial charge in [-0.15, -0.1) is 0 Å². The first kappa shape index (κ1) is 32.2. The highest BCUT2D eigenvalue weighted by atomic mass is 16.3. The molecule has 1 aliphatic carbocycles. The lowest BCUT2D eigenvalue weighted by Crippen LogP contribution is -2.35. The molecule has 0 spiro atoms. The number of aromatic hydroxyl groups is 2. The summed E-state index contributed by atoms with van der Waals surface area (Å²) < 4.78 is 0. The van der Waals surface area contributed by atoms with Crippen LogP contribution in [0.1, 0.15) is 114 Å². The first-order valence-electron chi connectivity index (χ1n) is 16.0. The maximum absolute atomic E-state index is 11.5. The van der Waals surface area contributed by atoms with Gasteiger partial charge in [0.15, 0.2) is 0 Å². The molecule has 0 radical (unpaired) electrons. The molecule has 4 bridgehead atoms. The molecule has 1 heterocycles. The van der Waals surface area contributed by atoms with E-state index in [2.05, 4.69) is 89.5 Å². The quantitative estimate of drug-likeness (QED) is 0.398. The van der Waals surface area contributed by atoms with Crippen molar-refractivity contribution in [2.24, 2.45) is 9.98 Å². The number of likely N-dealkylation sites (N-methyl/N-ethyl adjacent to an activating group) is 2. The van der Waals surface area contributed by atoms with E-state index in [1.54, 1.807) is 0 Å². The van der Waals surface area contributed by atoms with Crippen molar-refractivity contribution in [2.75, 3.05) is 26.2 Å². The van der Waals surface area contributed by atoms with Crippen LogP contribution in [0.3, 0.4) is 0 Å². The number of aliphatic imine (C=N–C) groups is 2. The number of phenolic OH excluding ortho intramolecular Hbond substituents is 2. The van der Waals surface area contributed by atoms with Gasteiger partial charge in [0.25, 0.3) is 0 Å². The van der Waals surface area contributed by atoms with Gasteiger partial charge in [0.05, 0.1) is 12.1 Å². The van der Waals surface area contributed by atoms with Crippen molar-refractivity contribution >= 4 is 12.4 Å². The molecule has 1 fully saturated rings. The van der Waals surface area contributed by atoms with Crippen molar-refractivity contribution in [2.45, 2.75) is 117 Å². The second kappa shape index (κ2) is 13.3. The van der Waals surface area contributed by atoms with E-state index in [-0.39, 0.29) is 22.9 Å². The highest BCUT2D eigenvalue weighted by Gasteiger charge is 2.26. The predicted molar refractivity (Wildman–Crippen MR) is 177 cm³/mol. The Morgan fingerprint density at radius 3 is 1.38 bits per heavy atom. The normalized spacial score (nSPS) is 21.5. The van der Waals surface area contributed by atoms with E-state index in [0.29, 0.717) is 24.6 Å². The first-order chi connectivity index (χ1) is 19.8. The number of hydrogen-bond acceptors (Lipinski definition) is 6. The molecule has 6 nitrogen and oxygen atoms in total. The molecule has 4 rings (SSSR count). The predicted octanol–water partition coefficient (Wildman–Crippen LogP) is 7.20. The zero-order chi connectivity index (χ0) is 30.7. The Morgan fingerprint density at radius 1 is 0.667 bits per heavy atom. The van der Waals surface area contributed by atoms with Crippen LogP contribution in [-0.4, -0.2) is 70.7 Å². The van der Waals surface area contributed by atoms with Gasteiger partial charge in [0.1, 0.15) is 11.5 Å². The van der Waals surface area contributed by atoms with Crippen LogP contribution in [0.2, 0.25) is 0 Å². The van der Waals surface area contributed by atoms with Gasteiger partial charge in [-0.05, 0) is 60.0 Å². The molecule has 0 saturated heterocycles. The number of nitrogens with zero attached hydrogens (tertiary/aromatic N) is 4. The van der Waals surface area contributed by atoms with Crippen LogP contribution in [0.4, 0.5) is 0 Å². The van der Waals surface area contributed by atoms with Gasteiger partial charge in [-0.2, -0.15) is 0 Å². The Bertz CT molecular complexity index is 1190. The maximum Gasteiger partial charge on any atom is 0.128 e. The van der Waals surface area contributed by atoms with Crippen molar-refractivity contribution in [3.63, 3.8) is 0 Å². The Kier molecular flexibility index (Phi) is 10.2. The zero-order valence-electron chi connectivity index (χ0n) is 27.4. The molecular weight excluding hydrogens is 520 g/mol. The van der Waals surface area contributed by atoms with E-state index < -0.39 is 0 Å². The maximum atomic E-state index is 11.5. The van der Waals surface area contributed by atoms with Crippen molar-refractivity contribution in [3.05, 3.63) is 57.6 Å². The largest absolute Gasteiger partial charge is 0.507 e. The molecule has 2 aromatic carbocycles. The second-order valence-corrected chi connectivity index (χ2v) is 14.4. The SMILES string of the molecule is CCN1CCN(CC)Cc2cc(C(C)(C)C)cc(c2O)C=NC2CCCCC2N=Cc2cc(C(C)(C)C)cc(c2O)C1. The molecule has 2 atom stereocenters. The van der Waals surface area contributed by atoms with Gasteiger partial charge in [-0.1, -0.05) is 80.4 Å². The summed E-state index contributed by atoms with van der Waals surface area (Å²) in [4.78, 5) is 14.9. The lowest BCUT2D eigenvalue weighted by molar-refractivity contribution is 0.202. The average molecular weight is 575 g/mol. The third kappa shape index (κ3) is 7.82. The summed E-state index contributed by atoms with van der Waals surface area (Å²) in [6, 6.07) is 8.66. The molecule has 230 valence electrons. The third-order valence-corrected chi connectivity index (χ3v) is 9.09. The highest BCUT2D eigenvalue weighted by molar-refractivity contribution is 5.86. The Morgan fingerprint density at radius 2 is 1.05 bits per heavy atom. The molecular formula is C36H54N4O2. The minimum absolute atomic E-state index is 0.0452. The lowest BCUT2D eigenvalue weighted by Gasteiger charge is -2.29. The van der Waals surface area contributed by atoms with Gasteiger partial charge in [0.2, 0.25) is 0 Å². The molecule has 42 heavy (non-hydrogen) atoms. The monoisotopic (exact) mass is 574 g/mol. The van der Waals surface area contributed by atoms with E-state index in [1.165, 1.54) is 11.1 Å². The number of hydrogen-bond donors (Lipinski definition) is 2. The molecule has 2 N–H and O–H groups in total. The number of rotatable bonds is 2. The molecule has 2 unspecified atom stereocenters. The number of fused-ring (bicyclic) bond motifs is 5. The van der Waals surface area contributed by atoms with E-state index in [9.17, 15) is 10.2 Å². The van der Waals surface area contributed by atoms with Crippen LogP contribution in [-0.2, 0) is 23.9 Å². The van der Waals surface area contributed by atoms with Gasteiger partial charge < -0.3 is 10.2 Å². The van der Waals surface area contributed by atoms with Gasteiger partial charge in [0, 0.05) is 60.9 Å². The van der Waals surface area contributed by atoms with Gasteiger partial charge in [-0.3, -0.25) is 19.8 Å². The summed E-state index contributed by atoms with van der Waals surface area (Å²) in [6.45, 7) is 22.6. The third-order valence-electron chi connectivity index (χ3n) is 9.09. The van der Waals surface area contributed by atoms with Gasteiger partial charge >= 0.3 is 0 Å². The van der Waals surface area contributed by atoms with E-state index in [4.69, 9.17) is 9.98 Å². The van der Waals surface area contributed by atoms with Crippen molar-refractivity contribution in [1.82, 2.24) is 9.80 Å². The molecule has 1 saturated carbocycles. The van der Waals surface area contributed by atoms with Crippen LogP contribution in [0, 0.1) is 0 Å². The standard InChI is InChI=1S/C36H54N4O2/c1-9-39-15-16-40(10-2)24-28-20-30(36(6,7)8)18-26(34(28)42)22-38-32-14-12-11-13-31(32)37-21-25-17-29(35(3,4)5)19-27(23-39)33(25)41/h17-22,31-32,41-42H,9-16,23-24H2,1-8H3. The van der Waals surface area contributed by atoms with Crippen LogP contribution in [0.25, 0.3) is 0 Å². The molecule has 1 aliphatic heterocycles. The first-order valence-corrected chi connectivity index (χ1v) is 16.0. The zero-order valence-corrected chi connectivity index (χ0v) is 27.4. The van der Waals surface area contributed by atoms with E-state index in [0.717, 1.165) is 74.1 Å². The Balaban J connectivity index is 1.83. The minimum atomic E-state index is -0.0452. The van der Waals surface area contributed by atoms with Crippen LogP contribution in [0.15, 0.2) is 34.3 Å². The molecule has 0 amide bonds. The van der Waals surface area contributed by atoms with Crippen LogP contribution in [0.5, 0.6) is 11.5 Å². The fourth-order valence-electron chi connectivity index (χ4n) is 6.00. The molecule has 2 aromatic rings. The summed E-state index contributed by atoms with van der Waals surface area (Å²) in [7, 11) is 0. The second-order valence-electron chi connectivity index (χ2n) is 14.4. The van der Waals surface area contributed by atoms with Crippen molar-refractivity contribution in [1.29, 1.82) is 0 Å². The fourth-order valence-corrected chi connectivity index (χ4v) is 6.00. The van der Waals surface area contributed by atoms with Crippen LogP contribution >= 0.6 is 0 Å². The van der Waals surface area contributed by atoms with Gasteiger partial charge in [-0.25, -0.2) is 0 Å². The molecule has 2 aliphatic rings. The topological polar surface area (TPSA) is 71.7 Å². The highest BCUT2D eigenvalue weighted by Crippen LogP contribution is 2.34. The molecule has 6 heteroatoms. The fraction of sp³-hybridized carbons (Fsp3) is 0.611.